The molecule has 0 aromatic heterocycles. The average molecular weight is 148 g/mol. The third-order valence-corrected chi connectivity index (χ3v) is 1.08. The van der Waals surface area contributed by atoms with Crippen LogP contribution in [0, 0.1) is 5.92 Å². The summed E-state index contributed by atoms with van der Waals surface area (Å²) >= 11 is 5.30. The van der Waals surface area contributed by atoms with Gasteiger partial charge in [-0.05, 0) is 12.5 Å². The molecule has 0 unspecified atom stereocenters. The summed E-state index contributed by atoms with van der Waals surface area (Å²) in [6, 6.07) is 0. The van der Waals surface area contributed by atoms with Crippen molar-refractivity contribution in [3.8, 4) is 0 Å². The maximum absolute atomic E-state index is 5.30. The van der Waals surface area contributed by atoms with Crippen molar-refractivity contribution < 1.29 is 0 Å². The molecular weight excluding hydrogens is 134 g/mol. The van der Waals surface area contributed by atoms with E-state index >= 15 is 0 Å². The summed E-state index contributed by atoms with van der Waals surface area (Å²) in [7, 11) is 0. The lowest BCUT2D eigenvalue weighted by molar-refractivity contribution is 0.577. The number of halogens is 1. The van der Waals surface area contributed by atoms with E-state index in [9.17, 15) is 0 Å². The van der Waals surface area contributed by atoms with Gasteiger partial charge in [-0.15, -0.1) is 0 Å². The Balaban J connectivity index is 2.91. The van der Waals surface area contributed by atoms with Crippen LogP contribution in [0.2, 0.25) is 0 Å². The largest absolute Gasteiger partial charge is 0.313 e. The van der Waals surface area contributed by atoms with Crippen LogP contribution in [0.25, 0.3) is 0 Å². The van der Waals surface area contributed by atoms with E-state index in [0.717, 1.165) is 13.1 Å². The van der Waals surface area contributed by atoms with Gasteiger partial charge in [-0.3, -0.25) is 0 Å². The summed E-state index contributed by atoms with van der Waals surface area (Å²) in [6.45, 7) is 6.29. The summed E-state index contributed by atoms with van der Waals surface area (Å²) in [4.78, 5) is 0. The van der Waals surface area contributed by atoms with Crippen LogP contribution < -0.4 is 5.32 Å². The van der Waals surface area contributed by atoms with Gasteiger partial charge in [-0.1, -0.05) is 31.5 Å². The summed E-state index contributed by atoms with van der Waals surface area (Å²) in [6.07, 6.45) is 1.89. The van der Waals surface area contributed by atoms with Crippen LogP contribution in [-0.4, -0.2) is 13.1 Å². The minimum Gasteiger partial charge on any atom is -0.313 e. The fourth-order valence-electron chi connectivity index (χ4n) is 0.500. The lowest BCUT2D eigenvalue weighted by Crippen LogP contribution is -2.19. The molecule has 0 bridgehead atoms. The molecule has 0 fully saturated rings. The zero-order valence-corrected chi connectivity index (χ0v) is 6.78. The van der Waals surface area contributed by atoms with Gasteiger partial charge in [0.1, 0.15) is 0 Å². The van der Waals surface area contributed by atoms with Crippen LogP contribution in [0.3, 0.4) is 0 Å². The highest BCUT2D eigenvalue weighted by Gasteiger charge is 1.88. The molecule has 0 aromatic rings. The number of hydrogen-bond acceptors (Lipinski definition) is 1. The highest BCUT2D eigenvalue weighted by atomic mass is 35.5. The van der Waals surface area contributed by atoms with E-state index in [4.69, 9.17) is 11.6 Å². The Morgan fingerprint density at radius 2 is 2.22 bits per heavy atom. The molecule has 0 atom stereocenters. The Labute approximate surface area is 62.1 Å². The van der Waals surface area contributed by atoms with E-state index in [2.05, 4.69) is 19.2 Å². The van der Waals surface area contributed by atoms with Crippen molar-refractivity contribution in [2.75, 3.05) is 13.1 Å². The van der Waals surface area contributed by atoms with Crippen LogP contribution in [-0.2, 0) is 0 Å². The molecule has 0 amide bonds. The van der Waals surface area contributed by atoms with Crippen molar-refractivity contribution in [1.29, 1.82) is 0 Å². The van der Waals surface area contributed by atoms with Gasteiger partial charge in [0.2, 0.25) is 0 Å². The summed E-state index contributed by atoms with van der Waals surface area (Å²) < 4.78 is 0. The Kier molecular flexibility index (Phi) is 6.11. The molecule has 1 N–H and O–H groups in total. The van der Waals surface area contributed by atoms with Crippen LogP contribution in [0.1, 0.15) is 13.8 Å². The molecular formula is C7H14ClN. The van der Waals surface area contributed by atoms with Crippen LogP contribution in [0.5, 0.6) is 0 Å². The molecule has 0 rings (SSSR count). The van der Waals surface area contributed by atoms with Gasteiger partial charge >= 0.3 is 0 Å². The fraction of sp³-hybridized carbons (Fsp3) is 0.714. The molecule has 9 heavy (non-hydrogen) atoms. The Bertz CT molecular complexity index is 79.0. The lowest BCUT2D eigenvalue weighted by atomic mass is 10.2. The standard InChI is InChI=1S/C7H14ClN/c1-7(2)6-9-5-3-4-8/h3-4,7,9H,5-6H2,1-2H3/b4-3+. The van der Waals surface area contributed by atoms with Crippen molar-refractivity contribution >= 4 is 11.6 Å². The first-order valence-corrected chi connectivity index (χ1v) is 3.67. The predicted octanol–water partition coefficient (Wildman–Crippen LogP) is 1.98. The Morgan fingerprint density at radius 1 is 1.56 bits per heavy atom. The van der Waals surface area contributed by atoms with E-state index in [1.807, 2.05) is 6.08 Å². The molecule has 0 radical (unpaired) electrons. The van der Waals surface area contributed by atoms with Crippen molar-refractivity contribution in [2.24, 2.45) is 5.92 Å². The van der Waals surface area contributed by atoms with E-state index in [0.29, 0.717) is 5.92 Å². The zero-order chi connectivity index (χ0) is 7.11. The van der Waals surface area contributed by atoms with Gasteiger partial charge < -0.3 is 5.32 Å². The maximum Gasteiger partial charge on any atom is 0.0146 e. The summed E-state index contributed by atoms with van der Waals surface area (Å²) in [5.74, 6) is 0.716. The average Bonchev–Trinajstić information content (AvgIpc) is 1.80. The lowest BCUT2D eigenvalue weighted by Gasteiger charge is -2.02. The zero-order valence-electron chi connectivity index (χ0n) is 6.02. The van der Waals surface area contributed by atoms with Crippen molar-refractivity contribution in [2.45, 2.75) is 13.8 Å². The van der Waals surface area contributed by atoms with E-state index in [1.54, 1.807) is 0 Å². The third kappa shape index (κ3) is 7.99. The van der Waals surface area contributed by atoms with E-state index < -0.39 is 0 Å². The molecule has 0 aliphatic carbocycles. The predicted molar refractivity (Wildman–Crippen MR) is 42.7 cm³/mol. The van der Waals surface area contributed by atoms with Crippen LogP contribution in [0.4, 0.5) is 0 Å². The van der Waals surface area contributed by atoms with Gasteiger partial charge in [0.05, 0.1) is 0 Å². The van der Waals surface area contributed by atoms with Crippen LogP contribution in [0.15, 0.2) is 11.6 Å². The van der Waals surface area contributed by atoms with Gasteiger partial charge in [0.25, 0.3) is 0 Å². The number of nitrogens with one attached hydrogen (secondary N) is 1. The quantitative estimate of drug-likeness (QED) is 0.600. The topological polar surface area (TPSA) is 12.0 Å². The summed E-state index contributed by atoms with van der Waals surface area (Å²) in [5, 5.41) is 3.21. The highest BCUT2D eigenvalue weighted by Crippen LogP contribution is 1.86. The van der Waals surface area contributed by atoms with E-state index in [1.165, 1.54) is 5.54 Å². The second kappa shape index (κ2) is 6.12. The number of rotatable bonds is 4. The van der Waals surface area contributed by atoms with Gasteiger partial charge in [-0.2, -0.15) is 0 Å². The normalized spacial score (nSPS) is 11.6. The molecule has 0 saturated carbocycles. The fourth-order valence-corrected chi connectivity index (χ4v) is 0.589. The number of hydrogen-bond donors (Lipinski definition) is 1. The first-order chi connectivity index (χ1) is 4.27. The maximum atomic E-state index is 5.30. The first-order valence-electron chi connectivity index (χ1n) is 3.23. The van der Waals surface area contributed by atoms with Gasteiger partial charge in [0, 0.05) is 12.1 Å². The highest BCUT2D eigenvalue weighted by molar-refractivity contribution is 6.25. The molecule has 0 spiro atoms. The molecule has 54 valence electrons. The second-order valence-electron chi connectivity index (χ2n) is 2.41. The molecule has 0 heterocycles. The Hall–Kier alpha value is -0.0100. The van der Waals surface area contributed by atoms with Crippen molar-refractivity contribution in [1.82, 2.24) is 5.32 Å². The van der Waals surface area contributed by atoms with E-state index in [-0.39, 0.29) is 0 Å². The van der Waals surface area contributed by atoms with Gasteiger partial charge in [0.15, 0.2) is 0 Å². The molecule has 0 aliphatic rings. The minimum absolute atomic E-state index is 0.716. The smallest absolute Gasteiger partial charge is 0.0146 e. The monoisotopic (exact) mass is 147 g/mol. The molecule has 0 aromatic carbocycles. The molecule has 2 heteroatoms. The first kappa shape index (κ1) is 8.99. The van der Waals surface area contributed by atoms with Crippen molar-refractivity contribution in [3.05, 3.63) is 11.6 Å². The van der Waals surface area contributed by atoms with Crippen molar-refractivity contribution in [3.63, 3.8) is 0 Å². The van der Waals surface area contributed by atoms with Gasteiger partial charge in [-0.25, -0.2) is 0 Å². The van der Waals surface area contributed by atoms with Crippen LogP contribution >= 0.6 is 11.6 Å². The molecule has 0 aliphatic heterocycles. The minimum atomic E-state index is 0.716. The summed E-state index contributed by atoms with van der Waals surface area (Å²) in [5.41, 5.74) is 1.54. The third-order valence-electron chi connectivity index (χ3n) is 0.904. The molecule has 0 saturated heterocycles. The Morgan fingerprint density at radius 3 is 2.67 bits per heavy atom. The molecule has 1 nitrogen and oxygen atoms in total. The SMILES string of the molecule is CC(C)CNC/C=C/Cl. The second-order valence-corrected chi connectivity index (χ2v) is 2.67.